The van der Waals surface area contributed by atoms with Crippen molar-refractivity contribution in [2.75, 3.05) is 14.2 Å². The lowest BCUT2D eigenvalue weighted by atomic mass is 10.0. The van der Waals surface area contributed by atoms with Gasteiger partial charge in [-0.05, 0) is 49.9 Å². The van der Waals surface area contributed by atoms with Crippen LogP contribution in [0, 0.1) is 27.7 Å². The molecular formula is C12H19NO3S. The van der Waals surface area contributed by atoms with Crippen molar-refractivity contribution in [3.05, 3.63) is 28.3 Å². The van der Waals surface area contributed by atoms with Gasteiger partial charge in [0.05, 0.1) is 12.0 Å². The second-order valence-electron chi connectivity index (χ2n) is 4.19. The number of aryl methyl sites for hydroxylation is 2. The Labute approximate surface area is 103 Å². The highest BCUT2D eigenvalue weighted by atomic mass is 32.2. The molecule has 96 valence electrons. The normalized spacial score (nSPS) is 12.2. The predicted octanol–water partition coefficient (Wildman–Crippen LogP) is 2.10. The molecule has 1 rings (SSSR count). The van der Waals surface area contributed by atoms with E-state index in [0.29, 0.717) is 4.90 Å². The molecule has 0 bridgehead atoms. The van der Waals surface area contributed by atoms with Gasteiger partial charge in [0.1, 0.15) is 0 Å². The van der Waals surface area contributed by atoms with Crippen LogP contribution in [-0.4, -0.2) is 27.0 Å². The van der Waals surface area contributed by atoms with Crippen LogP contribution in [0.2, 0.25) is 0 Å². The van der Waals surface area contributed by atoms with Crippen molar-refractivity contribution in [3.63, 3.8) is 0 Å². The van der Waals surface area contributed by atoms with Crippen molar-refractivity contribution in [3.8, 4) is 0 Å². The molecule has 0 spiro atoms. The Hall–Kier alpha value is -0.910. The third-order valence-electron chi connectivity index (χ3n) is 3.15. The molecule has 5 heteroatoms. The van der Waals surface area contributed by atoms with Crippen LogP contribution in [0.3, 0.4) is 0 Å². The van der Waals surface area contributed by atoms with Gasteiger partial charge < -0.3 is 0 Å². The molecule has 0 heterocycles. The van der Waals surface area contributed by atoms with Crippen LogP contribution >= 0.6 is 0 Å². The monoisotopic (exact) mass is 257 g/mol. The number of hydrogen-bond donors (Lipinski definition) is 0. The molecule has 1 aromatic rings. The van der Waals surface area contributed by atoms with Crippen LogP contribution in [0.5, 0.6) is 0 Å². The van der Waals surface area contributed by atoms with E-state index in [4.69, 9.17) is 4.84 Å². The standard InChI is InChI=1S/C12H19NO3S/c1-8-7-9(2)11(4)12(10(8)3)17(14,15)13(5)16-6/h7H,1-6H3. The Morgan fingerprint density at radius 2 is 1.47 bits per heavy atom. The van der Waals surface area contributed by atoms with Crippen LogP contribution in [0.4, 0.5) is 0 Å². The van der Waals surface area contributed by atoms with E-state index in [1.165, 1.54) is 14.2 Å². The number of hydrogen-bond acceptors (Lipinski definition) is 3. The summed E-state index contributed by atoms with van der Waals surface area (Å²) in [7, 11) is -0.851. The molecule has 4 nitrogen and oxygen atoms in total. The summed E-state index contributed by atoms with van der Waals surface area (Å²) in [4.78, 5) is 5.15. The number of rotatable bonds is 3. The minimum Gasteiger partial charge on any atom is -0.288 e. The highest BCUT2D eigenvalue weighted by Gasteiger charge is 2.26. The molecule has 0 amide bonds. The first-order chi connectivity index (χ1) is 7.73. The van der Waals surface area contributed by atoms with Gasteiger partial charge >= 0.3 is 0 Å². The first kappa shape index (κ1) is 14.2. The Bertz CT molecular complexity index is 509. The van der Waals surface area contributed by atoms with Gasteiger partial charge in [-0.15, -0.1) is 0 Å². The lowest BCUT2D eigenvalue weighted by molar-refractivity contribution is -0.0259. The molecule has 0 aliphatic carbocycles. The molecule has 0 saturated heterocycles. The van der Waals surface area contributed by atoms with E-state index in [-0.39, 0.29) is 0 Å². The fourth-order valence-corrected chi connectivity index (χ4v) is 3.34. The minimum atomic E-state index is -3.58. The highest BCUT2D eigenvalue weighted by Crippen LogP contribution is 2.28. The molecule has 0 N–H and O–H groups in total. The average Bonchev–Trinajstić information content (AvgIpc) is 2.25. The van der Waals surface area contributed by atoms with Gasteiger partial charge in [0.15, 0.2) is 0 Å². The zero-order valence-corrected chi connectivity index (χ0v) is 12.0. The van der Waals surface area contributed by atoms with Crippen LogP contribution in [-0.2, 0) is 14.9 Å². The number of sulfonamides is 1. The van der Waals surface area contributed by atoms with E-state index in [1.54, 1.807) is 0 Å². The zero-order chi connectivity index (χ0) is 13.4. The van der Waals surface area contributed by atoms with Crippen molar-refractivity contribution in [2.24, 2.45) is 0 Å². The van der Waals surface area contributed by atoms with E-state index < -0.39 is 10.0 Å². The van der Waals surface area contributed by atoms with E-state index in [9.17, 15) is 8.42 Å². The lowest BCUT2D eigenvalue weighted by Crippen LogP contribution is -2.27. The summed E-state index contributed by atoms with van der Waals surface area (Å²) in [5.74, 6) is 0. The Kier molecular flexibility index (Phi) is 3.96. The number of benzene rings is 1. The van der Waals surface area contributed by atoms with Gasteiger partial charge in [0.25, 0.3) is 10.0 Å². The van der Waals surface area contributed by atoms with Crippen LogP contribution < -0.4 is 0 Å². The molecule has 0 saturated carbocycles. The predicted molar refractivity (Wildman–Crippen MR) is 67.3 cm³/mol. The van der Waals surface area contributed by atoms with Crippen molar-refractivity contribution in [2.45, 2.75) is 32.6 Å². The van der Waals surface area contributed by atoms with E-state index in [1.807, 2.05) is 33.8 Å². The van der Waals surface area contributed by atoms with Gasteiger partial charge in [0.2, 0.25) is 0 Å². The van der Waals surface area contributed by atoms with Crippen molar-refractivity contribution >= 4 is 10.0 Å². The fraction of sp³-hybridized carbons (Fsp3) is 0.500. The molecule has 0 radical (unpaired) electrons. The van der Waals surface area contributed by atoms with E-state index in [2.05, 4.69) is 0 Å². The summed E-state index contributed by atoms with van der Waals surface area (Å²) in [5, 5.41) is 0. The molecule has 0 aliphatic rings. The third-order valence-corrected chi connectivity index (χ3v) is 5.11. The number of hydroxylamine groups is 1. The summed E-state index contributed by atoms with van der Waals surface area (Å²) in [6.07, 6.45) is 0. The van der Waals surface area contributed by atoms with Gasteiger partial charge in [-0.25, -0.2) is 8.42 Å². The zero-order valence-electron chi connectivity index (χ0n) is 11.2. The van der Waals surface area contributed by atoms with Gasteiger partial charge in [-0.2, -0.15) is 0 Å². The molecule has 0 aliphatic heterocycles. The van der Waals surface area contributed by atoms with Crippen molar-refractivity contribution in [1.29, 1.82) is 0 Å². The Balaban J connectivity index is 3.62. The quantitative estimate of drug-likeness (QED) is 0.779. The van der Waals surface area contributed by atoms with Gasteiger partial charge in [0, 0.05) is 7.05 Å². The highest BCUT2D eigenvalue weighted by molar-refractivity contribution is 7.89. The lowest BCUT2D eigenvalue weighted by Gasteiger charge is -2.20. The fourth-order valence-electron chi connectivity index (χ4n) is 1.79. The van der Waals surface area contributed by atoms with Crippen LogP contribution in [0.25, 0.3) is 0 Å². The van der Waals surface area contributed by atoms with E-state index in [0.717, 1.165) is 26.7 Å². The summed E-state index contributed by atoms with van der Waals surface area (Å²) in [6, 6.07) is 2.00. The molecule has 0 aromatic heterocycles. The maximum atomic E-state index is 12.3. The topological polar surface area (TPSA) is 46.6 Å². The van der Waals surface area contributed by atoms with Crippen molar-refractivity contribution < 1.29 is 13.3 Å². The second kappa shape index (κ2) is 4.76. The first-order valence-corrected chi connectivity index (χ1v) is 6.78. The van der Waals surface area contributed by atoms with Crippen LogP contribution in [0.1, 0.15) is 22.3 Å². The van der Waals surface area contributed by atoms with Gasteiger partial charge in [-0.3, -0.25) is 4.84 Å². The summed E-state index contributed by atoms with van der Waals surface area (Å²) >= 11 is 0. The van der Waals surface area contributed by atoms with Crippen molar-refractivity contribution in [1.82, 2.24) is 4.47 Å². The summed E-state index contributed by atoms with van der Waals surface area (Å²) in [6.45, 7) is 7.46. The smallest absolute Gasteiger partial charge is 0.265 e. The third kappa shape index (κ3) is 2.36. The maximum Gasteiger partial charge on any atom is 0.265 e. The average molecular weight is 257 g/mol. The number of nitrogens with zero attached hydrogens (tertiary/aromatic N) is 1. The summed E-state index contributed by atoms with van der Waals surface area (Å²) < 4.78 is 25.5. The molecule has 0 fully saturated rings. The molecule has 0 atom stereocenters. The SMILES string of the molecule is CON(C)S(=O)(=O)c1c(C)c(C)cc(C)c1C. The Morgan fingerprint density at radius 1 is 1.06 bits per heavy atom. The Morgan fingerprint density at radius 3 is 1.82 bits per heavy atom. The summed E-state index contributed by atoms with van der Waals surface area (Å²) in [5.41, 5.74) is 3.49. The second-order valence-corrected chi connectivity index (χ2v) is 6.06. The molecule has 17 heavy (non-hydrogen) atoms. The molecule has 1 aromatic carbocycles. The minimum absolute atomic E-state index is 0.347. The van der Waals surface area contributed by atoms with Gasteiger partial charge in [-0.1, -0.05) is 10.5 Å². The maximum absolute atomic E-state index is 12.3. The first-order valence-electron chi connectivity index (χ1n) is 5.34. The van der Waals surface area contributed by atoms with Crippen LogP contribution in [0.15, 0.2) is 11.0 Å². The molecule has 0 unspecified atom stereocenters. The largest absolute Gasteiger partial charge is 0.288 e. The molecular weight excluding hydrogens is 238 g/mol. The van der Waals surface area contributed by atoms with E-state index >= 15 is 0 Å².